The van der Waals surface area contributed by atoms with Gasteiger partial charge in [0.05, 0.1) is 11.4 Å². The van der Waals surface area contributed by atoms with Crippen LogP contribution in [0.1, 0.15) is 45.2 Å². The number of hydrogen-bond acceptors (Lipinski definition) is 3. The quantitative estimate of drug-likeness (QED) is 0.412. The van der Waals surface area contributed by atoms with Gasteiger partial charge in [0.25, 0.3) is 17.7 Å². The van der Waals surface area contributed by atoms with E-state index in [9.17, 15) is 32.3 Å². The fraction of sp³-hybridized carbons (Fsp3) is 0.231. The number of carbonyl (C=O) groups is 2. The lowest BCUT2D eigenvalue weighted by Crippen LogP contribution is -2.42. The topological polar surface area (TPSA) is 69.6 Å². The van der Waals surface area contributed by atoms with Crippen molar-refractivity contribution in [2.45, 2.75) is 31.8 Å². The van der Waals surface area contributed by atoms with Crippen LogP contribution in [0, 0.1) is 18.6 Å². The van der Waals surface area contributed by atoms with Crippen molar-refractivity contribution in [1.82, 2.24) is 0 Å². The molecule has 1 aliphatic heterocycles. The van der Waals surface area contributed by atoms with E-state index in [1.807, 2.05) is 0 Å². The molecule has 10 heteroatoms. The standard InChI is InChI=1S/C26H21ClF4N2O3/c1-14-3-6-17(28)13-18(14)23(34)32-21-7-4-15(11-20(21)29)24(35)33-10-9-26(30,31)25(2,36)19-12-16(27)5-8-22(19)33/h3-8,11-13,36H,9-10H2,1-2H3,(H,32,34)/t25-/m1/s1. The Bertz CT molecular complexity index is 1380. The molecule has 5 nitrogen and oxygen atoms in total. The van der Waals surface area contributed by atoms with Crippen molar-refractivity contribution in [3.63, 3.8) is 0 Å². The molecule has 2 N–H and O–H groups in total. The van der Waals surface area contributed by atoms with Crippen LogP contribution >= 0.6 is 11.6 Å². The van der Waals surface area contributed by atoms with E-state index in [1.165, 1.54) is 36.4 Å². The van der Waals surface area contributed by atoms with Gasteiger partial charge in [-0.15, -0.1) is 0 Å². The zero-order valence-electron chi connectivity index (χ0n) is 19.2. The number of carbonyl (C=O) groups excluding carboxylic acids is 2. The van der Waals surface area contributed by atoms with Crippen molar-refractivity contribution >= 4 is 34.8 Å². The molecule has 0 saturated heterocycles. The smallest absolute Gasteiger partial charge is 0.281 e. The Morgan fingerprint density at radius 2 is 1.78 bits per heavy atom. The average molecular weight is 521 g/mol. The fourth-order valence-electron chi connectivity index (χ4n) is 4.09. The normalized spacial score (nSPS) is 18.8. The van der Waals surface area contributed by atoms with Crippen LogP contribution in [-0.4, -0.2) is 29.4 Å². The van der Waals surface area contributed by atoms with E-state index in [-0.39, 0.29) is 33.1 Å². The molecular formula is C26H21ClF4N2O3. The predicted molar refractivity (Wildman–Crippen MR) is 128 cm³/mol. The molecule has 1 heterocycles. The van der Waals surface area contributed by atoms with Gasteiger partial charge >= 0.3 is 0 Å². The van der Waals surface area contributed by atoms with Crippen LogP contribution in [0.15, 0.2) is 54.6 Å². The number of fused-ring (bicyclic) bond motifs is 1. The monoisotopic (exact) mass is 520 g/mol. The molecule has 0 saturated carbocycles. The van der Waals surface area contributed by atoms with E-state index < -0.39 is 47.9 Å². The van der Waals surface area contributed by atoms with Gasteiger partial charge in [-0.05, 0) is 67.9 Å². The van der Waals surface area contributed by atoms with Crippen LogP contribution in [0.2, 0.25) is 5.02 Å². The first kappa shape index (κ1) is 25.7. The van der Waals surface area contributed by atoms with E-state index in [1.54, 1.807) is 6.92 Å². The summed E-state index contributed by atoms with van der Waals surface area (Å²) < 4.78 is 57.9. The van der Waals surface area contributed by atoms with Gasteiger partial charge in [-0.2, -0.15) is 0 Å². The molecule has 0 fully saturated rings. The number of anilines is 2. The highest BCUT2D eigenvalue weighted by molar-refractivity contribution is 6.30. The number of alkyl halides is 2. The minimum atomic E-state index is -3.57. The van der Waals surface area contributed by atoms with Crippen LogP contribution in [0.5, 0.6) is 0 Å². The van der Waals surface area contributed by atoms with E-state index in [0.717, 1.165) is 30.0 Å². The number of rotatable bonds is 3. The van der Waals surface area contributed by atoms with E-state index >= 15 is 0 Å². The molecule has 3 aromatic rings. The van der Waals surface area contributed by atoms with Crippen molar-refractivity contribution in [3.8, 4) is 0 Å². The van der Waals surface area contributed by atoms with Crippen LogP contribution in [0.25, 0.3) is 0 Å². The molecule has 0 unspecified atom stereocenters. The van der Waals surface area contributed by atoms with Gasteiger partial charge in [0.1, 0.15) is 11.6 Å². The number of nitrogens with zero attached hydrogens (tertiary/aromatic N) is 1. The van der Waals surface area contributed by atoms with E-state index in [4.69, 9.17) is 11.6 Å². The summed E-state index contributed by atoms with van der Waals surface area (Å²) in [5.74, 6) is -6.68. The highest BCUT2D eigenvalue weighted by Gasteiger charge is 2.53. The van der Waals surface area contributed by atoms with Crippen molar-refractivity contribution in [2.24, 2.45) is 0 Å². The summed E-state index contributed by atoms with van der Waals surface area (Å²) in [7, 11) is 0. The van der Waals surface area contributed by atoms with Gasteiger partial charge in [-0.1, -0.05) is 17.7 Å². The number of benzene rings is 3. The maximum Gasteiger partial charge on any atom is 0.281 e. The molecular weight excluding hydrogens is 500 g/mol. The Hall–Kier alpha value is -3.43. The van der Waals surface area contributed by atoms with Crippen LogP contribution in [-0.2, 0) is 5.60 Å². The first-order valence-corrected chi connectivity index (χ1v) is 11.3. The zero-order valence-corrected chi connectivity index (χ0v) is 20.0. The Morgan fingerprint density at radius 1 is 1.06 bits per heavy atom. The number of amides is 2. The molecule has 0 radical (unpaired) electrons. The number of aliphatic hydroxyl groups is 1. The molecule has 1 aliphatic rings. The molecule has 4 rings (SSSR count). The van der Waals surface area contributed by atoms with Gasteiger partial charge in [0.15, 0.2) is 5.60 Å². The lowest BCUT2D eigenvalue weighted by molar-refractivity contribution is -0.177. The summed E-state index contributed by atoms with van der Waals surface area (Å²) in [5, 5.41) is 13.1. The number of hydrogen-bond donors (Lipinski definition) is 2. The summed E-state index contributed by atoms with van der Waals surface area (Å²) in [4.78, 5) is 26.8. The summed E-state index contributed by atoms with van der Waals surface area (Å²) in [5.41, 5.74) is -2.74. The lowest BCUT2D eigenvalue weighted by atomic mass is 9.87. The lowest BCUT2D eigenvalue weighted by Gasteiger charge is -2.32. The predicted octanol–water partition coefficient (Wildman–Crippen LogP) is 6.07. The van der Waals surface area contributed by atoms with Crippen LogP contribution in [0.3, 0.4) is 0 Å². The van der Waals surface area contributed by atoms with Gasteiger partial charge in [0.2, 0.25) is 0 Å². The third-order valence-electron chi connectivity index (χ3n) is 6.29. The molecule has 0 bridgehead atoms. The Labute approximate surface area is 209 Å². The number of nitrogens with one attached hydrogen (secondary N) is 1. The highest BCUT2D eigenvalue weighted by atomic mass is 35.5. The molecule has 0 aromatic heterocycles. The first-order chi connectivity index (χ1) is 16.8. The molecule has 2 amide bonds. The van der Waals surface area contributed by atoms with E-state index in [2.05, 4.69) is 5.32 Å². The SMILES string of the molecule is Cc1ccc(F)cc1C(=O)Nc1ccc(C(=O)N2CCC(F)(F)[C@](C)(O)c3cc(Cl)ccc32)cc1F. The highest BCUT2D eigenvalue weighted by Crippen LogP contribution is 2.47. The van der Waals surface area contributed by atoms with Crippen molar-refractivity contribution < 1.29 is 32.3 Å². The van der Waals surface area contributed by atoms with Crippen LogP contribution < -0.4 is 10.2 Å². The summed E-state index contributed by atoms with van der Waals surface area (Å²) in [6, 6.07) is 10.8. The first-order valence-electron chi connectivity index (χ1n) is 10.9. The molecule has 1 atom stereocenters. The van der Waals surface area contributed by atoms with Crippen molar-refractivity contribution in [1.29, 1.82) is 0 Å². The Morgan fingerprint density at radius 3 is 2.47 bits per heavy atom. The van der Waals surface area contributed by atoms with Crippen LogP contribution in [0.4, 0.5) is 28.9 Å². The maximum atomic E-state index is 14.9. The van der Waals surface area contributed by atoms with Gasteiger partial charge in [-0.25, -0.2) is 17.6 Å². The summed E-state index contributed by atoms with van der Waals surface area (Å²) >= 11 is 5.97. The Kier molecular flexibility index (Phi) is 6.57. The minimum absolute atomic E-state index is 0.0161. The van der Waals surface area contributed by atoms with Crippen molar-refractivity contribution in [3.05, 3.63) is 93.5 Å². The number of halogens is 5. The molecule has 36 heavy (non-hydrogen) atoms. The number of aryl methyl sites for hydroxylation is 1. The minimum Gasteiger partial charge on any atom is -0.379 e. The second-order valence-corrected chi connectivity index (χ2v) is 9.19. The average Bonchev–Trinajstić information content (AvgIpc) is 2.89. The molecule has 188 valence electrons. The third kappa shape index (κ3) is 4.56. The summed E-state index contributed by atoms with van der Waals surface area (Å²) in [6.45, 7) is 2.10. The molecule has 0 aliphatic carbocycles. The zero-order chi connectivity index (χ0) is 26.4. The second-order valence-electron chi connectivity index (χ2n) is 8.75. The molecule has 3 aromatic carbocycles. The second kappa shape index (κ2) is 9.22. The van der Waals surface area contributed by atoms with E-state index in [0.29, 0.717) is 5.56 Å². The summed E-state index contributed by atoms with van der Waals surface area (Å²) in [6.07, 6.45) is -0.846. The maximum absolute atomic E-state index is 14.9. The van der Waals surface area contributed by atoms with Crippen molar-refractivity contribution in [2.75, 3.05) is 16.8 Å². The van der Waals surface area contributed by atoms with Gasteiger partial charge < -0.3 is 15.3 Å². The van der Waals surface area contributed by atoms with Gasteiger partial charge in [-0.3, -0.25) is 9.59 Å². The Balaban J connectivity index is 1.65. The largest absolute Gasteiger partial charge is 0.379 e. The van der Waals surface area contributed by atoms with Gasteiger partial charge in [0, 0.05) is 34.7 Å². The fourth-order valence-corrected chi connectivity index (χ4v) is 4.26. The molecule has 0 spiro atoms. The third-order valence-corrected chi connectivity index (χ3v) is 6.52.